The smallest absolute Gasteiger partial charge is 0.242 e. The highest BCUT2D eigenvalue weighted by molar-refractivity contribution is 7.98. The molecule has 0 saturated carbocycles. The van der Waals surface area contributed by atoms with Crippen molar-refractivity contribution < 1.29 is 8.42 Å². The second kappa shape index (κ2) is 7.89. The molecule has 0 bridgehead atoms. The van der Waals surface area contributed by atoms with Gasteiger partial charge in [0.15, 0.2) is 0 Å². The van der Waals surface area contributed by atoms with E-state index >= 15 is 0 Å². The number of rotatable bonds is 6. The van der Waals surface area contributed by atoms with Crippen LogP contribution in [0.1, 0.15) is 29.4 Å². The van der Waals surface area contributed by atoms with Crippen LogP contribution in [0.2, 0.25) is 0 Å². The van der Waals surface area contributed by atoms with Crippen molar-refractivity contribution in [2.24, 2.45) is 0 Å². The fourth-order valence-electron chi connectivity index (χ4n) is 3.52. The fraction of sp³-hybridized carbons (Fsp3) is 0.381. The first-order chi connectivity index (χ1) is 13.1. The van der Waals surface area contributed by atoms with Gasteiger partial charge in [0.1, 0.15) is 5.82 Å². The maximum Gasteiger partial charge on any atom is 0.242 e. The van der Waals surface area contributed by atoms with Gasteiger partial charge in [0.25, 0.3) is 0 Å². The summed E-state index contributed by atoms with van der Waals surface area (Å²) in [6, 6.07) is 9.61. The van der Waals surface area contributed by atoms with Gasteiger partial charge in [-0.1, -0.05) is 17.7 Å². The number of benzene rings is 2. The maximum atomic E-state index is 12.4. The first-order valence-corrected chi connectivity index (χ1v) is 11.7. The minimum atomic E-state index is -3.47. The fourth-order valence-corrected chi connectivity index (χ4v) is 5.51. The van der Waals surface area contributed by atoms with Crippen LogP contribution in [0.25, 0.3) is 11.0 Å². The Morgan fingerprint density at radius 2 is 1.71 bits per heavy atom. The van der Waals surface area contributed by atoms with Crippen LogP contribution in [0.4, 0.5) is 0 Å². The Hall–Kier alpha value is -1.83. The van der Waals surface area contributed by atoms with E-state index in [0.29, 0.717) is 0 Å². The molecule has 150 valence electrons. The van der Waals surface area contributed by atoms with E-state index in [2.05, 4.69) is 44.4 Å². The molecule has 0 N–H and O–H groups in total. The van der Waals surface area contributed by atoms with Gasteiger partial charge in [0.05, 0.1) is 21.7 Å². The molecule has 5 nitrogen and oxygen atoms in total. The summed E-state index contributed by atoms with van der Waals surface area (Å²) >= 11 is 1.79. The zero-order valence-electron chi connectivity index (χ0n) is 17.3. The highest BCUT2D eigenvalue weighted by atomic mass is 32.2. The molecule has 0 aliphatic rings. The molecule has 0 amide bonds. The van der Waals surface area contributed by atoms with Crippen LogP contribution in [-0.4, -0.2) is 36.4 Å². The zero-order chi connectivity index (χ0) is 20.6. The molecule has 1 aromatic heterocycles. The number of imidazole rings is 1. The summed E-state index contributed by atoms with van der Waals surface area (Å²) in [5, 5.41) is 0. The first kappa shape index (κ1) is 20.9. The van der Waals surface area contributed by atoms with Crippen molar-refractivity contribution in [3.63, 3.8) is 0 Å². The molecule has 3 rings (SSSR count). The Morgan fingerprint density at radius 3 is 2.29 bits per heavy atom. The first-order valence-electron chi connectivity index (χ1n) is 9.27. The largest absolute Gasteiger partial charge is 0.328 e. The predicted octanol–water partition coefficient (Wildman–Crippen LogP) is 4.52. The molecule has 0 radical (unpaired) electrons. The van der Waals surface area contributed by atoms with E-state index in [0.717, 1.165) is 29.2 Å². The average molecular weight is 418 g/mol. The van der Waals surface area contributed by atoms with E-state index in [1.54, 1.807) is 38.0 Å². The second-order valence-corrected chi connectivity index (χ2v) is 10.4. The summed E-state index contributed by atoms with van der Waals surface area (Å²) in [6.07, 6.45) is 0. The van der Waals surface area contributed by atoms with Crippen molar-refractivity contribution in [3.05, 3.63) is 52.8 Å². The van der Waals surface area contributed by atoms with Gasteiger partial charge < -0.3 is 4.57 Å². The summed E-state index contributed by atoms with van der Waals surface area (Å²) in [7, 11) is -0.390. The third-order valence-corrected chi connectivity index (χ3v) is 7.99. The Bertz CT molecular complexity index is 1110. The van der Waals surface area contributed by atoms with Crippen LogP contribution in [0, 0.1) is 20.8 Å². The standard InChI is InChI=1S/C21H27N3O2S2/c1-7-24-19-9-8-17(28(25,26)23(5)6)12-18(19)22-20(24)13-27-21-15(3)10-14(2)11-16(21)4/h8-12H,7,13H2,1-6H3. The van der Waals surface area contributed by atoms with Gasteiger partial charge in [-0.2, -0.15) is 0 Å². The Labute approximate surface area is 171 Å². The van der Waals surface area contributed by atoms with Gasteiger partial charge in [-0.25, -0.2) is 17.7 Å². The molecule has 0 saturated heterocycles. The molecule has 2 aromatic carbocycles. The zero-order valence-corrected chi connectivity index (χ0v) is 18.9. The Balaban J connectivity index is 1.98. The molecule has 1 heterocycles. The lowest BCUT2D eigenvalue weighted by atomic mass is 10.1. The van der Waals surface area contributed by atoms with Gasteiger partial charge in [0, 0.05) is 25.5 Å². The molecule has 0 aliphatic carbocycles. The maximum absolute atomic E-state index is 12.4. The highest BCUT2D eigenvalue weighted by Gasteiger charge is 2.19. The van der Waals surface area contributed by atoms with Crippen LogP contribution in [0.3, 0.4) is 0 Å². The quantitative estimate of drug-likeness (QED) is 0.553. The van der Waals surface area contributed by atoms with Gasteiger partial charge in [-0.3, -0.25) is 0 Å². The van der Waals surface area contributed by atoms with Gasteiger partial charge in [-0.05, 0) is 57.0 Å². The highest BCUT2D eigenvalue weighted by Crippen LogP contribution is 2.31. The Kier molecular flexibility index (Phi) is 5.89. The van der Waals surface area contributed by atoms with Crippen LogP contribution < -0.4 is 0 Å². The summed E-state index contributed by atoms with van der Waals surface area (Å²) in [6.45, 7) is 9.28. The number of sulfonamides is 1. The summed E-state index contributed by atoms with van der Waals surface area (Å²) in [4.78, 5) is 6.33. The predicted molar refractivity (Wildman–Crippen MR) is 116 cm³/mol. The molecule has 0 atom stereocenters. The molecule has 0 unspecified atom stereocenters. The lowest BCUT2D eigenvalue weighted by molar-refractivity contribution is 0.521. The van der Waals surface area contributed by atoms with E-state index in [9.17, 15) is 8.42 Å². The number of hydrogen-bond acceptors (Lipinski definition) is 4. The average Bonchev–Trinajstić information content (AvgIpc) is 2.97. The van der Waals surface area contributed by atoms with Crippen molar-refractivity contribution in [2.45, 2.75) is 49.8 Å². The Morgan fingerprint density at radius 1 is 1.07 bits per heavy atom. The summed E-state index contributed by atoms with van der Waals surface area (Å²) in [5.74, 6) is 1.70. The topological polar surface area (TPSA) is 55.2 Å². The van der Waals surface area contributed by atoms with E-state index < -0.39 is 10.0 Å². The third-order valence-electron chi connectivity index (χ3n) is 4.84. The molecule has 3 aromatic rings. The SMILES string of the molecule is CCn1c(CSc2c(C)cc(C)cc2C)nc2cc(S(=O)(=O)N(C)C)ccc21. The third kappa shape index (κ3) is 3.83. The van der Waals surface area contributed by atoms with Crippen molar-refractivity contribution in [3.8, 4) is 0 Å². The van der Waals surface area contributed by atoms with Crippen LogP contribution in [0.15, 0.2) is 40.1 Å². The van der Waals surface area contributed by atoms with Crippen molar-refractivity contribution in [1.29, 1.82) is 0 Å². The number of aromatic nitrogens is 2. The van der Waals surface area contributed by atoms with Gasteiger partial charge in [0.2, 0.25) is 10.0 Å². The number of thioether (sulfide) groups is 1. The minimum Gasteiger partial charge on any atom is -0.328 e. The van der Waals surface area contributed by atoms with Crippen LogP contribution in [-0.2, 0) is 22.3 Å². The van der Waals surface area contributed by atoms with Crippen molar-refractivity contribution in [2.75, 3.05) is 14.1 Å². The van der Waals surface area contributed by atoms with E-state index in [1.807, 2.05) is 6.07 Å². The van der Waals surface area contributed by atoms with Crippen LogP contribution in [0.5, 0.6) is 0 Å². The number of hydrogen-bond donors (Lipinski definition) is 0. The lowest BCUT2D eigenvalue weighted by Crippen LogP contribution is -2.22. The van der Waals surface area contributed by atoms with Crippen LogP contribution >= 0.6 is 11.8 Å². The van der Waals surface area contributed by atoms with Gasteiger partial charge in [-0.15, -0.1) is 11.8 Å². The lowest BCUT2D eigenvalue weighted by Gasteiger charge is -2.12. The molecule has 0 fully saturated rings. The number of nitrogens with zero attached hydrogens (tertiary/aromatic N) is 3. The molecule has 0 aliphatic heterocycles. The normalized spacial score (nSPS) is 12.2. The monoisotopic (exact) mass is 417 g/mol. The minimum absolute atomic E-state index is 0.273. The number of fused-ring (bicyclic) bond motifs is 1. The van der Waals surface area contributed by atoms with E-state index in [1.165, 1.54) is 25.9 Å². The second-order valence-electron chi connectivity index (χ2n) is 7.23. The molecule has 0 spiro atoms. The van der Waals surface area contributed by atoms with E-state index in [-0.39, 0.29) is 4.90 Å². The molecular formula is C21H27N3O2S2. The number of aryl methyl sites for hydroxylation is 4. The van der Waals surface area contributed by atoms with Crippen molar-refractivity contribution >= 4 is 32.8 Å². The van der Waals surface area contributed by atoms with Gasteiger partial charge >= 0.3 is 0 Å². The molecule has 28 heavy (non-hydrogen) atoms. The molecular weight excluding hydrogens is 390 g/mol. The summed E-state index contributed by atoms with van der Waals surface area (Å²) in [5.41, 5.74) is 5.52. The summed E-state index contributed by atoms with van der Waals surface area (Å²) < 4.78 is 28.3. The van der Waals surface area contributed by atoms with Crippen molar-refractivity contribution in [1.82, 2.24) is 13.9 Å². The van der Waals surface area contributed by atoms with E-state index in [4.69, 9.17) is 4.98 Å². The molecule has 7 heteroatoms.